The van der Waals surface area contributed by atoms with Gasteiger partial charge in [-0.15, -0.1) is 11.3 Å². The summed E-state index contributed by atoms with van der Waals surface area (Å²) in [5.41, 5.74) is 2.47. The monoisotopic (exact) mass is 337 g/mol. The van der Waals surface area contributed by atoms with Crippen LogP contribution in [0.3, 0.4) is 0 Å². The van der Waals surface area contributed by atoms with Crippen LogP contribution < -0.4 is 0 Å². The van der Waals surface area contributed by atoms with Crippen LogP contribution in [0.15, 0.2) is 35.8 Å². The summed E-state index contributed by atoms with van der Waals surface area (Å²) >= 11 is 1.37. The number of fused-ring (bicyclic) bond motifs is 1. The van der Waals surface area contributed by atoms with Gasteiger partial charge in [0.15, 0.2) is 11.7 Å². The van der Waals surface area contributed by atoms with Crippen molar-refractivity contribution < 1.29 is 4.79 Å². The second-order valence-electron chi connectivity index (χ2n) is 6.36. The molecule has 4 nitrogen and oxygen atoms in total. The third kappa shape index (κ3) is 2.98. The molecule has 0 fully saturated rings. The van der Waals surface area contributed by atoms with Gasteiger partial charge in [0.05, 0.1) is 6.07 Å². The van der Waals surface area contributed by atoms with E-state index in [4.69, 9.17) is 0 Å². The van der Waals surface area contributed by atoms with E-state index in [1.807, 2.05) is 42.8 Å². The highest BCUT2D eigenvalue weighted by Gasteiger charge is 2.27. The van der Waals surface area contributed by atoms with Crippen LogP contribution in [-0.2, 0) is 6.54 Å². The summed E-state index contributed by atoms with van der Waals surface area (Å²) in [5.74, 6) is -0.551. The number of carbonyl (C=O) groups is 1. The van der Waals surface area contributed by atoms with E-state index in [2.05, 4.69) is 29.5 Å². The molecule has 0 amide bonds. The summed E-state index contributed by atoms with van der Waals surface area (Å²) in [5, 5.41) is 12.9. The molecule has 1 aromatic carbocycles. The standard InChI is InChI=1S/C19H19N3OS/c1-12(2)9-22-10-16(14-6-4-5-7-17(14)22)18(23)15(8-20)19-21-13(3)11-24-19/h4-7,10-12,15H,9H2,1-3H3. The van der Waals surface area contributed by atoms with Crippen LogP contribution in [0.5, 0.6) is 0 Å². The van der Waals surface area contributed by atoms with Gasteiger partial charge in [-0.1, -0.05) is 32.0 Å². The van der Waals surface area contributed by atoms with Crippen molar-refractivity contribution in [2.45, 2.75) is 33.2 Å². The fourth-order valence-electron chi connectivity index (χ4n) is 2.87. The number of nitrogens with zero attached hydrogens (tertiary/aromatic N) is 3. The molecular weight excluding hydrogens is 318 g/mol. The molecular formula is C19H19N3OS. The van der Waals surface area contributed by atoms with Crippen LogP contribution >= 0.6 is 11.3 Å². The van der Waals surface area contributed by atoms with Crippen LogP contribution in [0, 0.1) is 24.2 Å². The first kappa shape index (κ1) is 16.4. The Morgan fingerprint density at radius 1 is 1.38 bits per heavy atom. The average molecular weight is 337 g/mol. The van der Waals surface area contributed by atoms with Crippen molar-refractivity contribution in [3.8, 4) is 6.07 Å². The number of benzene rings is 1. The third-order valence-electron chi connectivity index (χ3n) is 3.89. The predicted molar refractivity (Wildman–Crippen MR) is 96.3 cm³/mol. The Morgan fingerprint density at radius 2 is 2.12 bits per heavy atom. The molecule has 0 saturated carbocycles. The lowest BCUT2D eigenvalue weighted by Gasteiger charge is -2.07. The molecule has 0 aliphatic carbocycles. The molecule has 5 heteroatoms. The zero-order valence-electron chi connectivity index (χ0n) is 14.0. The number of para-hydroxylation sites is 1. The highest BCUT2D eigenvalue weighted by Crippen LogP contribution is 2.29. The second kappa shape index (κ2) is 6.58. The highest BCUT2D eigenvalue weighted by molar-refractivity contribution is 7.10. The van der Waals surface area contributed by atoms with Crippen LogP contribution in [-0.4, -0.2) is 15.3 Å². The van der Waals surface area contributed by atoms with Crippen LogP contribution in [0.1, 0.15) is 40.8 Å². The number of aromatic nitrogens is 2. The summed E-state index contributed by atoms with van der Waals surface area (Å²) in [7, 11) is 0. The largest absolute Gasteiger partial charge is 0.346 e. The summed E-state index contributed by atoms with van der Waals surface area (Å²) in [6, 6.07) is 9.99. The molecule has 0 aliphatic rings. The van der Waals surface area contributed by atoms with Crippen molar-refractivity contribution in [3.63, 3.8) is 0 Å². The quantitative estimate of drug-likeness (QED) is 0.642. The Balaban J connectivity index is 2.08. The smallest absolute Gasteiger partial charge is 0.189 e. The number of nitriles is 1. The number of aryl methyl sites for hydroxylation is 1. The minimum Gasteiger partial charge on any atom is -0.346 e. The maximum absolute atomic E-state index is 13.0. The van der Waals surface area contributed by atoms with Gasteiger partial charge in [-0.2, -0.15) is 5.26 Å². The van der Waals surface area contributed by atoms with E-state index in [9.17, 15) is 10.1 Å². The number of ketones is 1. The molecule has 3 rings (SSSR count). The molecule has 2 aromatic heterocycles. The lowest BCUT2D eigenvalue weighted by molar-refractivity contribution is 0.0980. The Bertz CT molecular complexity index is 930. The van der Waals surface area contributed by atoms with Gasteiger partial charge in [0.25, 0.3) is 0 Å². The fourth-order valence-corrected chi connectivity index (χ4v) is 3.71. The number of Topliss-reactive ketones (excluding diaryl/α,β-unsaturated/α-hetero) is 1. The third-order valence-corrected chi connectivity index (χ3v) is 4.92. The van der Waals surface area contributed by atoms with E-state index in [-0.39, 0.29) is 5.78 Å². The highest BCUT2D eigenvalue weighted by atomic mass is 32.1. The maximum Gasteiger partial charge on any atom is 0.189 e. The van der Waals surface area contributed by atoms with Gasteiger partial charge in [-0.3, -0.25) is 4.79 Å². The van der Waals surface area contributed by atoms with Crippen molar-refractivity contribution in [3.05, 3.63) is 52.1 Å². The molecule has 0 N–H and O–H groups in total. The topological polar surface area (TPSA) is 58.7 Å². The van der Waals surface area contributed by atoms with E-state index in [0.717, 1.165) is 23.1 Å². The van der Waals surface area contributed by atoms with Gasteiger partial charge >= 0.3 is 0 Å². The first-order valence-electron chi connectivity index (χ1n) is 7.95. The maximum atomic E-state index is 13.0. The first-order valence-corrected chi connectivity index (χ1v) is 8.83. The molecule has 2 heterocycles. The second-order valence-corrected chi connectivity index (χ2v) is 7.25. The van der Waals surface area contributed by atoms with Crippen molar-refractivity contribution in [1.82, 2.24) is 9.55 Å². The van der Waals surface area contributed by atoms with E-state index in [1.54, 1.807) is 0 Å². The SMILES string of the molecule is Cc1csc(C(C#N)C(=O)c2cn(CC(C)C)c3ccccc23)n1. The number of thiazole rings is 1. The Morgan fingerprint density at radius 3 is 2.75 bits per heavy atom. The lowest BCUT2D eigenvalue weighted by atomic mass is 9.99. The number of rotatable bonds is 5. The summed E-state index contributed by atoms with van der Waals surface area (Å²) < 4.78 is 2.11. The molecule has 0 saturated heterocycles. The molecule has 24 heavy (non-hydrogen) atoms. The fraction of sp³-hybridized carbons (Fsp3) is 0.316. The lowest BCUT2D eigenvalue weighted by Crippen LogP contribution is -2.11. The molecule has 0 bridgehead atoms. The van der Waals surface area contributed by atoms with Gasteiger partial charge in [0, 0.05) is 40.3 Å². The molecule has 122 valence electrons. The van der Waals surface area contributed by atoms with Gasteiger partial charge in [-0.05, 0) is 18.9 Å². The molecule has 3 aromatic rings. The van der Waals surface area contributed by atoms with Crippen molar-refractivity contribution in [2.75, 3.05) is 0 Å². The molecule has 0 radical (unpaired) electrons. The molecule has 1 unspecified atom stereocenters. The van der Waals surface area contributed by atoms with Gasteiger partial charge < -0.3 is 4.57 Å². The minimum atomic E-state index is -0.845. The minimum absolute atomic E-state index is 0.175. The Hall–Kier alpha value is -2.45. The average Bonchev–Trinajstić information content (AvgIpc) is 3.12. The predicted octanol–water partition coefficient (Wildman–Crippen LogP) is 4.55. The van der Waals surface area contributed by atoms with Crippen LogP contribution in [0.4, 0.5) is 0 Å². The van der Waals surface area contributed by atoms with E-state index >= 15 is 0 Å². The van der Waals surface area contributed by atoms with E-state index in [0.29, 0.717) is 16.5 Å². The zero-order chi connectivity index (χ0) is 17.3. The molecule has 1 atom stereocenters. The van der Waals surface area contributed by atoms with E-state index in [1.165, 1.54) is 11.3 Å². The number of hydrogen-bond acceptors (Lipinski definition) is 4. The summed E-state index contributed by atoms with van der Waals surface area (Å²) in [6.07, 6.45) is 1.89. The summed E-state index contributed by atoms with van der Waals surface area (Å²) in [4.78, 5) is 17.4. The van der Waals surface area contributed by atoms with Gasteiger partial charge in [0.1, 0.15) is 5.01 Å². The number of carbonyl (C=O) groups excluding carboxylic acids is 1. The first-order chi connectivity index (χ1) is 11.5. The van der Waals surface area contributed by atoms with Crippen molar-refractivity contribution in [2.24, 2.45) is 5.92 Å². The Kier molecular flexibility index (Phi) is 4.50. The van der Waals surface area contributed by atoms with Crippen LogP contribution in [0.2, 0.25) is 0 Å². The van der Waals surface area contributed by atoms with Gasteiger partial charge in [0.2, 0.25) is 0 Å². The molecule has 0 spiro atoms. The van der Waals surface area contributed by atoms with Crippen LogP contribution in [0.25, 0.3) is 10.9 Å². The zero-order valence-corrected chi connectivity index (χ0v) is 14.8. The Labute approximate surface area is 145 Å². The van der Waals surface area contributed by atoms with Gasteiger partial charge in [-0.25, -0.2) is 4.98 Å². The van der Waals surface area contributed by atoms with E-state index < -0.39 is 5.92 Å². The van der Waals surface area contributed by atoms with Crippen molar-refractivity contribution >= 4 is 28.0 Å². The van der Waals surface area contributed by atoms with Crippen molar-refractivity contribution in [1.29, 1.82) is 5.26 Å². The molecule has 0 aliphatic heterocycles. The summed E-state index contributed by atoms with van der Waals surface area (Å²) in [6.45, 7) is 6.99. The number of hydrogen-bond donors (Lipinski definition) is 0. The normalized spacial score (nSPS) is 12.5.